The first-order valence-corrected chi connectivity index (χ1v) is 23.3. The molecule has 6 rings (SSSR count). The summed E-state index contributed by atoms with van der Waals surface area (Å²) in [7, 11) is 0. The molecule has 58 heavy (non-hydrogen) atoms. The van der Waals surface area contributed by atoms with Gasteiger partial charge in [-0.2, -0.15) is 0 Å². The van der Waals surface area contributed by atoms with E-state index in [0.29, 0.717) is 5.89 Å². The Kier molecular flexibility index (Phi) is 18.1. The van der Waals surface area contributed by atoms with Crippen molar-refractivity contribution in [1.82, 2.24) is 10.4 Å². The Bertz CT molecular complexity index is 1900. The lowest BCUT2D eigenvalue weighted by Gasteiger charge is -2.27. The lowest BCUT2D eigenvalue weighted by molar-refractivity contribution is 0.556. The number of allylic oxidation sites excluding steroid dienone is 1. The number of nitrogens with one attached hydrogen (secondary N) is 1. The Morgan fingerprint density at radius 1 is 0.552 bits per heavy atom. The smallest absolute Gasteiger partial charge is 0.227 e. The van der Waals surface area contributed by atoms with Gasteiger partial charge in [0.05, 0.1) is 17.4 Å². The predicted molar refractivity (Wildman–Crippen MR) is 249 cm³/mol. The van der Waals surface area contributed by atoms with E-state index in [1.165, 1.54) is 157 Å². The summed E-state index contributed by atoms with van der Waals surface area (Å²) in [5.41, 5.74) is 14.0. The van der Waals surface area contributed by atoms with Crippen molar-refractivity contribution in [2.24, 2.45) is 0 Å². The van der Waals surface area contributed by atoms with Crippen molar-refractivity contribution in [2.45, 2.75) is 161 Å². The highest BCUT2D eigenvalue weighted by molar-refractivity contribution is 5.76. The molecule has 1 aliphatic heterocycles. The zero-order valence-electron chi connectivity index (χ0n) is 35.9. The summed E-state index contributed by atoms with van der Waals surface area (Å²) in [6, 6.07) is 35.1. The van der Waals surface area contributed by atoms with Gasteiger partial charge in [-0.25, -0.2) is 4.98 Å². The van der Waals surface area contributed by atoms with Crippen molar-refractivity contribution in [2.75, 3.05) is 5.01 Å². The van der Waals surface area contributed by atoms with E-state index in [0.717, 1.165) is 34.5 Å². The van der Waals surface area contributed by atoms with Gasteiger partial charge in [-0.3, -0.25) is 10.4 Å². The van der Waals surface area contributed by atoms with Crippen LogP contribution in [0.5, 0.6) is 0 Å². The Labute approximate surface area is 351 Å². The summed E-state index contributed by atoms with van der Waals surface area (Å²) in [5, 5.41) is 2.28. The Balaban J connectivity index is 1.04. The van der Waals surface area contributed by atoms with Crippen LogP contribution >= 0.6 is 0 Å². The fourth-order valence-corrected chi connectivity index (χ4v) is 8.31. The standard InChI is InChI=1S/C54H71N3O/c1-3-5-7-9-11-13-15-17-19-21-25-44-29-31-46(32-30-44)35-40-49-43-52(47-36-33-45(34-37-47)26-22-20-18-16-14-12-10-8-6-4-2)57(56-49)50-41-38-48(39-42-50)54-55-51-27-23-24-28-53(51)58-54/h23-24,27-43,52,56H,3-22,25-26H2,1-2H3. The van der Waals surface area contributed by atoms with Gasteiger partial charge in [-0.05, 0) is 96.5 Å². The van der Waals surface area contributed by atoms with Crippen LogP contribution in [0.1, 0.15) is 171 Å². The number of aromatic nitrogens is 1. The average molecular weight is 778 g/mol. The second-order valence-corrected chi connectivity index (χ2v) is 16.8. The van der Waals surface area contributed by atoms with E-state index in [-0.39, 0.29) is 6.04 Å². The van der Waals surface area contributed by atoms with Crippen molar-refractivity contribution >= 4 is 22.9 Å². The number of hydrazine groups is 1. The van der Waals surface area contributed by atoms with Gasteiger partial charge in [-0.1, -0.05) is 196 Å². The van der Waals surface area contributed by atoms with Crippen LogP contribution < -0.4 is 10.4 Å². The van der Waals surface area contributed by atoms with Gasteiger partial charge in [0.1, 0.15) is 5.52 Å². The number of fused-ring (bicyclic) bond motifs is 1. The van der Waals surface area contributed by atoms with E-state index < -0.39 is 0 Å². The van der Waals surface area contributed by atoms with Crippen LogP contribution in [0, 0.1) is 0 Å². The molecule has 0 saturated heterocycles. The molecular formula is C54H71N3O. The molecule has 0 spiro atoms. The number of rotatable bonds is 27. The van der Waals surface area contributed by atoms with Crippen molar-refractivity contribution in [3.05, 3.63) is 137 Å². The highest BCUT2D eigenvalue weighted by Gasteiger charge is 2.26. The third-order valence-electron chi connectivity index (χ3n) is 11.9. The monoisotopic (exact) mass is 778 g/mol. The van der Waals surface area contributed by atoms with Crippen LogP contribution in [-0.4, -0.2) is 4.98 Å². The van der Waals surface area contributed by atoms with Crippen LogP contribution in [0.4, 0.5) is 5.69 Å². The van der Waals surface area contributed by atoms with Crippen LogP contribution in [0.25, 0.3) is 28.6 Å². The zero-order chi connectivity index (χ0) is 40.0. The van der Waals surface area contributed by atoms with E-state index in [2.05, 4.69) is 115 Å². The molecule has 0 aliphatic carbocycles. The number of anilines is 1. The van der Waals surface area contributed by atoms with Crippen LogP contribution in [0.2, 0.25) is 0 Å². The van der Waals surface area contributed by atoms with E-state index in [1.807, 2.05) is 24.3 Å². The second kappa shape index (κ2) is 24.4. The number of aryl methyl sites for hydroxylation is 2. The number of para-hydroxylation sites is 2. The van der Waals surface area contributed by atoms with E-state index in [1.54, 1.807) is 0 Å². The molecule has 0 fully saturated rings. The number of unbranched alkanes of at least 4 members (excludes halogenated alkanes) is 18. The second-order valence-electron chi connectivity index (χ2n) is 16.8. The number of nitrogens with zero attached hydrogens (tertiary/aromatic N) is 2. The third-order valence-corrected chi connectivity index (χ3v) is 11.9. The molecule has 1 aliphatic rings. The summed E-state index contributed by atoms with van der Waals surface area (Å²) in [6.07, 6.45) is 36.7. The molecule has 0 saturated carbocycles. The molecule has 4 aromatic carbocycles. The highest BCUT2D eigenvalue weighted by atomic mass is 16.3. The Hall–Kier alpha value is -4.57. The number of hydrogen-bond acceptors (Lipinski definition) is 4. The number of hydrogen-bond donors (Lipinski definition) is 1. The molecule has 1 N–H and O–H groups in total. The number of benzene rings is 4. The van der Waals surface area contributed by atoms with E-state index >= 15 is 0 Å². The molecule has 0 amide bonds. The summed E-state index contributed by atoms with van der Waals surface area (Å²) >= 11 is 0. The Morgan fingerprint density at radius 3 is 1.62 bits per heavy atom. The predicted octanol–water partition coefficient (Wildman–Crippen LogP) is 16.1. The minimum atomic E-state index is 0.0598. The molecule has 0 radical (unpaired) electrons. The van der Waals surface area contributed by atoms with Gasteiger partial charge in [0.2, 0.25) is 5.89 Å². The first kappa shape index (κ1) is 43.0. The van der Waals surface area contributed by atoms with Crippen molar-refractivity contribution in [1.29, 1.82) is 0 Å². The first-order chi connectivity index (χ1) is 28.7. The largest absolute Gasteiger partial charge is 0.436 e. The summed E-state index contributed by atoms with van der Waals surface area (Å²) in [5.74, 6) is 0.646. The quantitative estimate of drug-likeness (QED) is 0.0539. The van der Waals surface area contributed by atoms with Gasteiger partial charge in [-0.15, -0.1) is 0 Å². The molecule has 1 unspecified atom stereocenters. The lowest BCUT2D eigenvalue weighted by atomic mass is 10.00. The maximum absolute atomic E-state index is 6.08. The maximum atomic E-state index is 6.08. The van der Waals surface area contributed by atoms with Gasteiger partial charge in [0, 0.05) is 5.56 Å². The summed E-state index contributed by atoms with van der Waals surface area (Å²) < 4.78 is 6.08. The fraction of sp³-hybridized carbons (Fsp3) is 0.463. The topological polar surface area (TPSA) is 41.3 Å². The normalized spacial score (nSPS) is 14.1. The molecule has 2 heterocycles. The molecule has 5 aromatic rings. The molecule has 1 aromatic heterocycles. The highest BCUT2D eigenvalue weighted by Crippen LogP contribution is 2.34. The Morgan fingerprint density at radius 2 is 1.07 bits per heavy atom. The van der Waals surface area contributed by atoms with E-state index in [4.69, 9.17) is 9.40 Å². The van der Waals surface area contributed by atoms with Gasteiger partial charge in [0.25, 0.3) is 0 Å². The van der Waals surface area contributed by atoms with Crippen molar-refractivity contribution in [3.8, 4) is 11.5 Å². The molecule has 308 valence electrons. The van der Waals surface area contributed by atoms with Gasteiger partial charge in [0.15, 0.2) is 5.58 Å². The fourth-order valence-electron chi connectivity index (χ4n) is 8.31. The molecule has 0 bridgehead atoms. The SMILES string of the molecule is CCCCCCCCCCCCc1ccc(C=CC2=CC(c3ccc(CCCCCCCCCCCC)cc3)N(c3ccc(-c4nc5ccccc5o4)cc3)N2)cc1. The van der Waals surface area contributed by atoms with Crippen LogP contribution in [-0.2, 0) is 12.8 Å². The minimum Gasteiger partial charge on any atom is -0.436 e. The summed E-state index contributed by atoms with van der Waals surface area (Å²) in [6.45, 7) is 4.59. The van der Waals surface area contributed by atoms with Crippen molar-refractivity contribution < 1.29 is 4.42 Å². The molecule has 4 nitrogen and oxygen atoms in total. The lowest BCUT2D eigenvalue weighted by Crippen LogP contribution is -2.34. The summed E-state index contributed by atoms with van der Waals surface area (Å²) in [4.78, 5) is 4.73. The van der Waals surface area contributed by atoms with Crippen LogP contribution in [0.3, 0.4) is 0 Å². The molecular weight excluding hydrogens is 707 g/mol. The minimum absolute atomic E-state index is 0.0598. The molecule has 4 heteroatoms. The zero-order valence-corrected chi connectivity index (χ0v) is 35.9. The first-order valence-electron chi connectivity index (χ1n) is 23.3. The van der Waals surface area contributed by atoms with Gasteiger partial charge < -0.3 is 4.42 Å². The number of oxazole rings is 1. The van der Waals surface area contributed by atoms with Gasteiger partial charge >= 0.3 is 0 Å². The maximum Gasteiger partial charge on any atom is 0.227 e. The van der Waals surface area contributed by atoms with Crippen LogP contribution in [0.15, 0.2) is 119 Å². The third kappa shape index (κ3) is 13.8. The van der Waals surface area contributed by atoms with E-state index in [9.17, 15) is 0 Å². The molecule has 1 atom stereocenters. The average Bonchev–Trinajstić information content (AvgIpc) is 3.90. The van der Waals surface area contributed by atoms with Crippen molar-refractivity contribution in [3.63, 3.8) is 0 Å².